The van der Waals surface area contributed by atoms with E-state index < -0.39 is 0 Å². The number of benzene rings is 2. The second-order valence-corrected chi connectivity index (χ2v) is 4.74. The van der Waals surface area contributed by atoms with Crippen molar-refractivity contribution in [2.75, 3.05) is 5.32 Å². The van der Waals surface area contributed by atoms with Gasteiger partial charge in [-0.15, -0.1) is 0 Å². The third-order valence-corrected chi connectivity index (χ3v) is 3.05. The van der Waals surface area contributed by atoms with E-state index in [0.717, 1.165) is 6.42 Å². The van der Waals surface area contributed by atoms with Crippen molar-refractivity contribution in [2.24, 2.45) is 0 Å². The maximum Gasteiger partial charge on any atom is 0.147 e. The summed E-state index contributed by atoms with van der Waals surface area (Å²) in [5, 5.41) is 3.53. The Hall–Kier alpha value is -1.54. The highest BCUT2D eigenvalue weighted by molar-refractivity contribution is 6.33. The summed E-state index contributed by atoms with van der Waals surface area (Å²) in [6, 6.07) is 14.9. The van der Waals surface area contributed by atoms with Gasteiger partial charge in [0.15, 0.2) is 0 Å². The molecule has 94 valence electrons. The number of halogens is 2. The number of hydrogen-bond donors (Lipinski definition) is 1. The fourth-order valence-electron chi connectivity index (χ4n) is 1.90. The molecule has 1 atom stereocenters. The average molecular weight is 264 g/mol. The highest BCUT2D eigenvalue weighted by Crippen LogP contribution is 2.25. The molecule has 1 nitrogen and oxygen atoms in total. The van der Waals surface area contributed by atoms with E-state index >= 15 is 0 Å². The van der Waals surface area contributed by atoms with E-state index in [1.165, 1.54) is 11.6 Å². The molecule has 18 heavy (non-hydrogen) atoms. The van der Waals surface area contributed by atoms with E-state index in [4.69, 9.17) is 11.6 Å². The molecule has 0 aliphatic rings. The van der Waals surface area contributed by atoms with Gasteiger partial charge in [-0.3, -0.25) is 0 Å². The van der Waals surface area contributed by atoms with E-state index in [0.29, 0.717) is 10.7 Å². The number of hydrogen-bond acceptors (Lipinski definition) is 1. The molecular weight excluding hydrogens is 249 g/mol. The monoisotopic (exact) mass is 263 g/mol. The first kappa shape index (κ1) is 12.9. The summed E-state index contributed by atoms with van der Waals surface area (Å²) < 4.78 is 13.6. The zero-order valence-electron chi connectivity index (χ0n) is 10.2. The molecule has 2 rings (SSSR count). The quantitative estimate of drug-likeness (QED) is 0.855. The standard InChI is InChI=1S/C15H15ClFN/c1-11(10-12-6-3-2-4-7-12)18-15-13(16)8-5-9-14(15)17/h2-9,11,18H,10H2,1H3. The number of rotatable bonds is 4. The van der Waals surface area contributed by atoms with Gasteiger partial charge in [0.05, 0.1) is 10.7 Å². The molecule has 0 saturated carbocycles. The first-order valence-electron chi connectivity index (χ1n) is 5.91. The number of para-hydroxylation sites is 1. The smallest absolute Gasteiger partial charge is 0.147 e. The zero-order chi connectivity index (χ0) is 13.0. The molecular formula is C15H15ClFN. The molecule has 0 radical (unpaired) electrons. The van der Waals surface area contributed by atoms with Crippen molar-refractivity contribution >= 4 is 17.3 Å². The van der Waals surface area contributed by atoms with Gasteiger partial charge in [0.1, 0.15) is 5.82 Å². The third kappa shape index (κ3) is 3.23. The molecule has 2 aromatic carbocycles. The second kappa shape index (κ2) is 5.87. The molecule has 0 bridgehead atoms. The Kier molecular flexibility index (Phi) is 4.21. The molecule has 1 unspecified atom stereocenters. The van der Waals surface area contributed by atoms with Crippen LogP contribution in [0.1, 0.15) is 12.5 Å². The van der Waals surface area contributed by atoms with Crippen LogP contribution in [-0.4, -0.2) is 6.04 Å². The van der Waals surface area contributed by atoms with Crippen molar-refractivity contribution in [2.45, 2.75) is 19.4 Å². The summed E-state index contributed by atoms with van der Waals surface area (Å²) in [5.41, 5.74) is 1.59. The van der Waals surface area contributed by atoms with Crippen molar-refractivity contribution in [3.05, 3.63) is 64.9 Å². The van der Waals surface area contributed by atoms with Crippen molar-refractivity contribution in [1.82, 2.24) is 0 Å². The van der Waals surface area contributed by atoms with Crippen LogP contribution < -0.4 is 5.32 Å². The van der Waals surface area contributed by atoms with Gasteiger partial charge in [0.25, 0.3) is 0 Å². The van der Waals surface area contributed by atoms with Crippen LogP contribution in [0.3, 0.4) is 0 Å². The van der Waals surface area contributed by atoms with Crippen molar-refractivity contribution < 1.29 is 4.39 Å². The van der Waals surface area contributed by atoms with E-state index in [-0.39, 0.29) is 11.9 Å². The van der Waals surface area contributed by atoms with E-state index in [1.54, 1.807) is 12.1 Å². The van der Waals surface area contributed by atoms with Gasteiger partial charge in [-0.05, 0) is 31.0 Å². The minimum atomic E-state index is -0.317. The lowest BCUT2D eigenvalue weighted by molar-refractivity contribution is 0.626. The molecule has 1 N–H and O–H groups in total. The van der Waals surface area contributed by atoms with Crippen LogP contribution in [0.2, 0.25) is 5.02 Å². The Morgan fingerprint density at radius 1 is 1.11 bits per heavy atom. The predicted molar refractivity (Wildman–Crippen MR) is 74.6 cm³/mol. The van der Waals surface area contributed by atoms with Gasteiger partial charge in [-0.1, -0.05) is 48.0 Å². The molecule has 0 amide bonds. The second-order valence-electron chi connectivity index (χ2n) is 4.33. The molecule has 2 aromatic rings. The van der Waals surface area contributed by atoms with Crippen LogP contribution in [0.25, 0.3) is 0 Å². The fraction of sp³-hybridized carbons (Fsp3) is 0.200. The van der Waals surface area contributed by atoms with Gasteiger partial charge >= 0.3 is 0 Å². The van der Waals surface area contributed by atoms with Gasteiger partial charge in [0.2, 0.25) is 0 Å². The Morgan fingerprint density at radius 2 is 1.83 bits per heavy atom. The highest BCUT2D eigenvalue weighted by atomic mass is 35.5. The highest BCUT2D eigenvalue weighted by Gasteiger charge is 2.10. The van der Waals surface area contributed by atoms with E-state index in [9.17, 15) is 4.39 Å². The van der Waals surface area contributed by atoms with Crippen LogP contribution in [0.5, 0.6) is 0 Å². The lowest BCUT2D eigenvalue weighted by atomic mass is 10.1. The normalized spacial score (nSPS) is 12.2. The largest absolute Gasteiger partial charge is 0.379 e. The van der Waals surface area contributed by atoms with E-state index in [1.807, 2.05) is 25.1 Å². The summed E-state index contributed by atoms with van der Waals surface area (Å²) in [6.45, 7) is 2.01. The predicted octanol–water partition coefficient (Wildman–Crippen LogP) is 4.52. The summed E-state index contributed by atoms with van der Waals surface area (Å²) in [4.78, 5) is 0. The van der Waals surface area contributed by atoms with E-state index in [2.05, 4.69) is 17.4 Å². The number of nitrogens with one attached hydrogen (secondary N) is 1. The topological polar surface area (TPSA) is 12.0 Å². The fourth-order valence-corrected chi connectivity index (χ4v) is 2.12. The molecule has 0 aliphatic heterocycles. The molecule has 0 aromatic heterocycles. The summed E-state index contributed by atoms with van der Waals surface area (Å²) >= 11 is 5.97. The van der Waals surface area contributed by atoms with Crippen LogP contribution in [0.15, 0.2) is 48.5 Å². The Labute approximate surface area is 112 Å². The molecule has 0 heterocycles. The Morgan fingerprint density at radius 3 is 2.50 bits per heavy atom. The lowest BCUT2D eigenvalue weighted by Crippen LogP contribution is -2.19. The molecule has 0 fully saturated rings. The van der Waals surface area contributed by atoms with Gasteiger partial charge in [-0.25, -0.2) is 4.39 Å². The van der Waals surface area contributed by atoms with Crippen molar-refractivity contribution in [3.8, 4) is 0 Å². The summed E-state index contributed by atoms with van der Waals surface area (Å²) in [6.07, 6.45) is 0.825. The molecule has 0 saturated heterocycles. The van der Waals surface area contributed by atoms with Crippen LogP contribution >= 0.6 is 11.6 Å². The minimum Gasteiger partial charge on any atom is -0.379 e. The third-order valence-electron chi connectivity index (χ3n) is 2.74. The zero-order valence-corrected chi connectivity index (χ0v) is 10.9. The van der Waals surface area contributed by atoms with Gasteiger partial charge in [0, 0.05) is 6.04 Å². The molecule has 0 aliphatic carbocycles. The molecule has 0 spiro atoms. The van der Waals surface area contributed by atoms with Crippen LogP contribution in [0, 0.1) is 5.82 Å². The maximum absolute atomic E-state index is 13.6. The van der Waals surface area contributed by atoms with Crippen LogP contribution in [-0.2, 0) is 6.42 Å². The first-order chi connectivity index (χ1) is 8.66. The first-order valence-corrected chi connectivity index (χ1v) is 6.29. The van der Waals surface area contributed by atoms with Gasteiger partial charge < -0.3 is 5.32 Å². The SMILES string of the molecule is CC(Cc1ccccc1)Nc1c(F)cccc1Cl. The van der Waals surface area contributed by atoms with Crippen molar-refractivity contribution in [3.63, 3.8) is 0 Å². The molecule has 3 heteroatoms. The van der Waals surface area contributed by atoms with Crippen LogP contribution in [0.4, 0.5) is 10.1 Å². The van der Waals surface area contributed by atoms with Crippen molar-refractivity contribution in [1.29, 1.82) is 0 Å². The summed E-state index contributed by atoms with van der Waals surface area (Å²) in [5.74, 6) is -0.317. The Balaban J connectivity index is 2.06. The lowest BCUT2D eigenvalue weighted by Gasteiger charge is -2.17. The average Bonchev–Trinajstić information content (AvgIpc) is 2.35. The maximum atomic E-state index is 13.6. The summed E-state index contributed by atoms with van der Waals surface area (Å²) in [7, 11) is 0. The number of anilines is 1. The van der Waals surface area contributed by atoms with Gasteiger partial charge in [-0.2, -0.15) is 0 Å². The minimum absolute atomic E-state index is 0.113. The Bertz CT molecular complexity index is 493.